The van der Waals surface area contributed by atoms with E-state index in [9.17, 15) is 9.90 Å². The molecule has 0 saturated heterocycles. The minimum Gasteiger partial charge on any atom is -0.507 e. The van der Waals surface area contributed by atoms with E-state index in [1.807, 2.05) is 30.3 Å². The lowest BCUT2D eigenvalue weighted by atomic mass is 9.48. The largest absolute Gasteiger partial charge is 0.507 e. The number of aromatic hydroxyl groups is 1. The first-order valence-electron chi connectivity index (χ1n) is 11.3. The number of halogens is 1. The first-order valence-corrected chi connectivity index (χ1v) is 12.1. The number of phenols is 1. The topological polar surface area (TPSA) is 61.7 Å². The normalized spacial score (nSPS) is 29.9. The van der Waals surface area contributed by atoms with Crippen molar-refractivity contribution in [2.45, 2.75) is 51.5 Å². The second-order valence-corrected chi connectivity index (χ2v) is 10.9. The standard InChI is InChI=1S/C26H29BrN2O2/c1-16(26-12-17-8-18(13-26)10-19(9-17)14-26)29-25(31)20-2-5-23(6-3-20)28-15-21-11-22(27)4-7-24(21)30/h2-7,11,15-19,30H,8-10,12-14H2,1H3,(H,29,31). The highest BCUT2D eigenvalue weighted by atomic mass is 79.9. The van der Waals surface area contributed by atoms with Crippen molar-refractivity contribution in [3.05, 3.63) is 58.1 Å². The molecule has 6 rings (SSSR count). The third-order valence-corrected chi connectivity index (χ3v) is 8.32. The molecule has 31 heavy (non-hydrogen) atoms. The molecule has 0 aromatic heterocycles. The first kappa shape index (κ1) is 20.7. The zero-order chi connectivity index (χ0) is 21.6. The summed E-state index contributed by atoms with van der Waals surface area (Å²) in [7, 11) is 0. The number of benzene rings is 2. The average Bonchev–Trinajstić information content (AvgIpc) is 2.74. The third-order valence-electron chi connectivity index (χ3n) is 7.82. The van der Waals surface area contributed by atoms with Crippen LogP contribution in [0.4, 0.5) is 5.69 Å². The Morgan fingerprint density at radius 1 is 1.10 bits per heavy atom. The monoisotopic (exact) mass is 480 g/mol. The molecule has 4 saturated carbocycles. The Kier molecular flexibility index (Phi) is 5.41. The number of rotatable bonds is 5. The van der Waals surface area contributed by atoms with Crippen LogP contribution in [0, 0.1) is 23.2 Å². The van der Waals surface area contributed by atoms with E-state index in [-0.39, 0.29) is 17.7 Å². The predicted octanol–water partition coefficient (Wildman–Crippen LogP) is 6.24. The summed E-state index contributed by atoms with van der Waals surface area (Å²) in [6.45, 7) is 2.22. The van der Waals surface area contributed by atoms with E-state index in [2.05, 4.69) is 33.2 Å². The van der Waals surface area contributed by atoms with E-state index < -0.39 is 0 Å². The number of nitrogens with one attached hydrogen (secondary N) is 1. The zero-order valence-electron chi connectivity index (χ0n) is 17.9. The number of aliphatic imine (C=N–C) groups is 1. The first-order chi connectivity index (χ1) is 14.9. The molecule has 1 unspecified atom stereocenters. The minimum absolute atomic E-state index is 0.00316. The van der Waals surface area contributed by atoms with Crippen LogP contribution in [0.2, 0.25) is 0 Å². The van der Waals surface area contributed by atoms with Crippen molar-refractivity contribution in [3.8, 4) is 5.75 Å². The molecular formula is C26H29BrN2O2. The van der Waals surface area contributed by atoms with Gasteiger partial charge in [-0.1, -0.05) is 15.9 Å². The van der Waals surface area contributed by atoms with E-state index in [1.54, 1.807) is 18.3 Å². The van der Waals surface area contributed by atoms with Crippen LogP contribution in [0.5, 0.6) is 5.75 Å². The lowest BCUT2D eigenvalue weighted by Crippen LogP contribution is -2.55. The van der Waals surface area contributed by atoms with Gasteiger partial charge in [0.25, 0.3) is 5.91 Å². The molecule has 1 amide bonds. The van der Waals surface area contributed by atoms with Gasteiger partial charge in [-0.05, 0) is 111 Å². The Morgan fingerprint density at radius 2 is 1.71 bits per heavy atom. The molecule has 0 radical (unpaired) electrons. The summed E-state index contributed by atoms with van der Waals surface area (Å²) < 4.78 is 0.881. The molecule has 4 bridgehead atoms. The van der Waals surface area contributed by atoms with Gasteiger partial charge in [-0.25, -0.2) is 0 Å². The van der Waals surface area contributed by atoms with Crippen molar-refractivity contribution < 1.29 is 9.90 Å². The van der Waals surface area contributed by atoms with Crippen molar-refractivity contribution in [1.82, 2.24) is 5.32 Å². The van der Waals surface area contributed by atoms with Crippen molar-refractivity contribution >= 4 is 33.7 Å². The molecule has 0 spiro atoms. The highest BCUT2D eigenvalue weighted by Crippen LogP contribution is 2.61. The van der Waals surface area contributed by atoms with Crippen LogP contribution in [0.15, 0.2) is 51.9 Å². The van der Waals surface area contributed by atoms with Gasteiger partial charge in [0.2, 0.25) is 0 Å². The fourth-order valence-electron chi connectivity index (χ4n) is 6.61. The molecule has 162 valence electrons. The Hall–Kier alpha value is -2.14. The van der Waals surface area contributed by atoms with Gasteiger partial charge in [-0.2, -0.15) is 0 Å². The molecule has 5 heteroatoms. The fourth-order valence-corrected chi connectivity index (χ4v) is 6.99. The molecule has 4 nitrogen and oxygen atoms in total. The molecule has 1 atom stereocenters. The van der Waals surface area contributed by atoms with E-state index in [1.165, 1.54) is 38.5 Å². The molecule has 0 heterocycles. The van der Waals surface area contributed by atoms with Gasteiger partial charge in [0.1, 0.15) is 5.75 Å². The van der Waals surface area contributed by atoms with E-state index in [0.29, 0.717) is 16.5 Å². The van der Waals surface area contributed by atoms with Crippen LogP contribution in [-0.4, -0.2) is 23.3 Å². The molecule has 2 aromatic carbocycles. The third kappa shape index (κ3) is 4.17. The summed E-state index contributed by atoms with van der Waals surface area (Å²) in [5, 5.41) is 13.3. The summed E-state index contributed by atoms with van der Waals surface area (Å²) in [6, 6.07) is 12.8. The maximum absolute atomic E-state index is 12.9. The van der Waals surface area contributed by atoms with Crippen molar-refractivity contribution in [2.75, 3.05) is 0 Å². The van der Waals surface area contributed by atoms with Crippen LogP contribution in [-0.2, 0) is 0 Å². The zero-order valence-corrected chi connectivity index (χ0v) is 19.4. The van der Waals surface area contributed by atoms with Crippen LogP contribution in [0.25, 0.3) is 0 Å². The minimum atomic E-state index is 0.00316. The number of hydrogen-bond donors (Lipinski definition) is 2. The summed E-state index contributed by atoms with van der Waals surface area (Å²) in [5.74, 6) is 2.83. The van der Waals surface area contributed by atoms with Crippen LogP contribution in [0.3, 0.4) is 0 Å². The van der Waals surface area contributed by atoms with Crippen molar-refractivity contribution in [2.24, 2.45) is 28.2 Å². The summed E-state index contributed by atoms with van der Waals surface area (Å²) >= 11 is 3.40. The maximum atomic E-state index is 12.9. The van der Waals surface area contributed by atoms with Gasteiger partial charge >= 0.3 is 0 Å². The summed E-state index contributed by atoms with van der Waals surface area (Å²) in [6.07, 6.45) is 9.74. The van der Waals surface area contributed by atoms with Gasteiger partial charge in [-0.3, -0.25) is 9.79 Å². The summed E-state index contributed by atoms with van der Waals surface area (Å²) in [5.41, 5.74) is 2.35. The number of hydrogen-bond acceptors (Lipinski definition) is 3. The highest BCUT2D eigenvalue weighted by Gasteiger charge is 2.53. The Balaban J connectivity index is 1.24. The van der Waals surface area contributed by atoms with E-state index in [0.717, 1.165) is 27.9 Å². The SMILES string of the molecule is CC(NC(=O)c1ccc(N=Cc2cc(Br)ccc2O)cc1)C12CC3CC(CC(C3)C1)C2. The number of carbonyl (C=O) groups is 1. The predicted molar refractivity (Wildman–Crippen MR) is 127 cm³/mol. The molecule has 2 aromatic rings. The van der Waals surface area contributed by atoms with Crippen LogP contribution in [0.1, 0.15) is 61.4 Å². The van der Waals surface area contributed by atoms with Gasteiger partial charge < -0.3 is 10.4 Å². The van der Waals surface area contributed by atoms with Crippen LogP contribution >= 0.6 is 15.9 Å². The van der Waals surface area contributed by atoms with E-state index in [4.69, 9.17) is 0 Å². The smallest absolute Gasteiger partial charge is 0.251 e. The van der Waals surface area contributed by atoms with Gasteiger partial charge in [0.05, 0.1) is 5.69 Å². The molecule has 4 fully saturated rings. The lowest BCUT2D eigenvalue weighted by molar-refractivity contribution is -0.0688. The van der Waals surface area contributed by atoms with Gasteiger partial charge in [0, 0.05) is 27.9 Å². The molecule has 0 aliphatic heterocycles. The molecular weight excluding hydrogens is 452 g/mol. The highest BCUT2D eigenvalue weighted by molar-refractivity contribution is 9.10. The Morgan fingerprint density at radius 3 is 2.32 bits per heavy atom. The number of nitrogens with zero attached hydrogens (tertiary/aromatic N) is 1. The second kappa shape index (κ2) is 8.09. The van der Waals surface area contributed by atoms with Crippen molar-refractivity contribution in [1.29, 1.82) is 0 Å². The summed E-state index contributed by atoms with van der Waals surface area (Å²) in [4.78, 5) is 17.4. The number of phenolic OH excluding ortho intramolecular Hbond substituents is 1. The molecule has 4 aliphatic rings. The molecule has 4 aliphatic carbocycles. The molecule has 2 N–H and O–H groups in total. The lowest BCUT2D eigenvalue weighted by Gasteiger charge is -2.59. The quantitative estimate of drug-likeness (QED) is 0.497. The van der Waals surface area contributed by atoms with Crippen molar-refractivity contribution in [3.63, 3.8) is 0 Å². The number of amides is 1. The fraction of sp³-hybridized carbons (Fsp3) is 0.462. The second-order valence-electron chi connectivity index (χ2n) is 9.98. The Labute approximate surface area is 192 Å². The Bertz CT molecular complexity index is 979. The van der Waals surface area contributed by atoms with Crippen LogP contribution < -0.4 is 5.32 Å². The number of carbonyl (C=O) groups excluding carboxylic acids is 1. The van der Waals surface area contributed by atoms with Gasteiger partial charge in [0.15, 0.2) is 0 Å². The van der Waals surface area contributed by atoms with E-state index >= 15 is 0 Å². The average molecular weight is 481 g/mol. The van der Waals surface area contributed by atoms with Gasteiger partial charge in [-0.15, -0.1) is 0 Å². The maximum Gasteiger partial charge on any atom is 0.251 e.